The lowest BCUT2D eigenvalue weighted by Gasteiger charge is -2.16. The Morgan fingerprint density at radius 1 is 0.700 bits per heavy atom. The molecule has 0 atom stereocenters. The average molecular weight is 272 g/mol. The van der Waals surface area contributed by atoms with Crippen molar-refractivity contribution in [3.05, 3.63) is 41.5 Å². The zero-order chi connectivity index (χ0) is 14.7. The maximum Gasteiger partial charge on any atom is 0.134 e. The zero-order valence-corrected chi connectivity index (χ0v) is 12.6. The maximum atomic E-state index is 5.49. The Labute approximate surface area is 120 Å². The van der Waals surface area contributed by atoms with Crippen molar-refractivity contribution in [2.75, 3.05) is 21.3 Å². The average Bonchev–Trinajstić information content (AvgIpc) is 2.48. The largest absolute Gasteiger partial charge is 0.496 e. The quantitative estimate of drug-likeness (QED) is 0.842. The standard InChI is InChI=1S/C17H20O3/c1-11-6-7-13(8-12(11)2)17-15(19-4)9-14(18-3)10-16(17)20-5/h6-10H,1-5H3. The Morgan fingerprint density at radius 2 is 1.30 bits per heavy atom. The summed E-state index contributed by atoms with van der Waals surface area (Å²) in [5.74, 6) is 2.19. The number of benzene rings is 2. The molecule has 0 aliphatic rings. The summed E-state index contributed by atoms with van der Waals surface area (Å²) in [6, 6.07) is 10.1. The Balaban J connectivity index is 2.67. The Kier molecular flexibility index (Phi) is 4.18. The van der Waals surface area contributed by atoms with E-state index in [1.165, 1.54) is 11.1 Å². The molecule has 0 spiro atoms. The van der Waals surface area contributed by atoms with Crippen molar-refractivity contribution in [2.45, 2.75) is 13.8 Å². The summed E-state index contributed by atoms with van der Waals surface area (Å²) in [6.45, 7) is 4.20. The number of rotatable bonds is 4. The Hall–Kier alpha value is -2.16. The van der Waals surface area contributed by atoms with Crippen LogP contribution in [0.5, 0.6) is 17.2 Å². The predicted molar refractivity (Wildman–Crippen MR) is 81.0 cm³/mol. The van der Waals surface area contributed by atoms with E-state index < -0.39 is 0 Å². The van der Waals surface area contributed by atoms with Gasteiger partial charge in [0.2, 0.25) is 0 Å². The van der Waals surface area contributed by atoms with Crippen molar-refractivity contribution in [3.63, 3.8) is 0 Å². The van der Waals surface area contributed by atoms with E-state index in [1.54, 1.807) is 21.3 Å². The van der Waals surface area contributed by atoms with Gasteiger partial charge in [-0.3, -0.25) is 0 Å². The monoisotopic (exact) mass is 272 g/mol. The van der Waals surface area contributed by atoms with Gasteiger partial charge in [0, 0.05) is 12.1 Å². The number of hydrogen-bond acceptors (Lipinski definition) is 3. The molecule has 0 heterocycles. The molecule has 0 unspecified atom stereocenters. The fourth-order valence-corrected chi connectivity index (χ4v) is 2.19. The molecule has 0 saturated heterocycles. The summed E-state index contributed by atoms with van der Waals surface area (Å²) >= 11 is 0. The highest BCUT2D eigenvalue weighted by atomic mass is 16.5. The van der Waals surface area contributed by atoms with E-state index in [1.807, 2.05) is 12.1 Å². The van der Waals surface area contributed by atoms with E-state index in [2.05, 4.69) is 32.0 Å². The van der Waals surface area contributed by atoms with E-state index in [9.17, 15) is 0 Å². The third kappa shape index (κ3) is 2.57. The molecule has 0 N–H and O–H groups in total. The molecule has 0 amide bonds. The molecule has 0 radical (unpaired) electrons. The summed E-state index contributed by atoms with van der Waals surface area (Å²) in [7, 11) is 4.93. The third-order valence-corrected chi connectivity index (χ3v) is 3.51. The molecule has 0 aromatic heterocycles. The highest BCUT2D eigenvalue weighted by Crippen LogP contribution is 2.42. The fourth-order valence-electron chi connectivity index (χ4n) is 2.19. The highest BCUT2D eigenvalue weighted by Gasteiger charge is 2.15. The molecule has 3 nitrogen and oxygen atoms in total. The first-order chi connectivity index (χ1) is 9.60. The van der Waals surface area contributed by atoms with Gasteiger partial charge in [-0.2, -0.15) is 0 Å². The lowest BCUT2D eigenvalue weighted by atomic mass is 9.98. The van der Waals surface area contributed by atoms with E-state index >= 15 is 0 Å². The summed E-state index contributed by atoms with van der Waals surface area (Å²) < 4.78 is 16.3. The molecule has 2 aromatic carbocycles. The molecular formula is C17H20O3. The first-order valence-corrected chi connectivity index (χ1v) is 6.48. The zero-order valence-electron chi connectivity index (χ0n) is 12.6. The van der Waals surface area contributed by atoms with Crippen LogP contribution < -0.4 is 14.2 Å². The lowest BCUT2D eigenvalue weighted by molar-refractivity contribution is 0.377. The molecule has 0 saturated carbocycles. The van der Waals surface area contributed by atoms with Gasteiger partial charge in [0.05, 0.1) is 26.9 Å². The minimum absolute atomic E-state index is 0.714. The van der Waals surface area contributed by atoms with Gasteiger partial charge in [0.15, 0.2) is 0 Å². The normalized spacial score (nSPS) is 10.2. The van der Waals surface area contributed by atoms with Crippen LogP contribution in [-0.2, 0) is 0 Å². The van der Waals surface area contributed by atoms with Crippen LogP contribution in [0.3, 0.4) is 0 Å². The molecular weight excluding hydrogens is 252 g/mol. The predicted octanol–water partition coefficient (Wildman–Crippen LogP) is 4.00. The maximum absolute atomic E-state index is 5.49. The van der Waals surface area contributed by atoms with Gasteiger partial charge in [-0.15, -0.1) is 0 Å². The van der Waals surface area contributed by atoms with Crippen molar-refractivity contribution in [1.82, 2.24) is 0 Å². The fraction of sp³-hybridized carbons (Fsp3) is 0.294. The van der Waals surface area contributed by atoms with E-state index in [4.69, 9.17) is 14.2 Å². The molecule has 20 heavy (non-hydrogen) atoms. The van der Waals surface area contributed by atoms with Gasteiger partial charge in [-0.1, -0.05) is 18.2 Å². The Bertz CT molecular complexity index is 593. The molecule has 0 aliphatic heterocycles. The molecule has 0 bridgehead atoms. The van der Waals surface area contributed by atoms with Gasteiger partial charge in [-0.05, 0) is 30.5 Å². The topological polar surface area (TPSA) is 27.7 Å². The smallest absolute Gasteiger partial charge is 0.134 e. The van der Waals surface area contributed by atoms with Crippen molar-refractivity contribution < 1.29 is 14.2 Å². The van der Waals surface area contributed by atoms with E-state index in [-0.39, 0.29) is 0 Å². The van der Waals surface area contributed by atoms with Crippen LogP contribution in [0.4, 0.5) is 0 Å². The van der Waals surface area contributed by atoms with Gasteiger partial charge >= 0.3 is 0 Å². The van der Waals surface area contributed by atoms with Crippen LogP contribution in [0.1, 0.15) is 11.1 Å². The van der Waals surface area contributed by atoms with E-state index in [0.29, 0.717) is 5.75 Å². The highest BCUT2D eigenvalue weighted by molar-refractivity contribution is 5.78. The first kappa shape index (κ1) is 14.3. The van der Waals surface area contributed by atoms with Gasteiger partial charge in [0.1, 0.15) is 17.2 Å². The van der Waals surface area contributed by atoms with Gasteiger partial charge in [-0.25, -0.2) is 0 Å². The van der Waals surface area contributed by atoms with Gasteiger partial charge < -0.3 is 14.2 Å². The SMILES string of the molecule is COc1cc(OC)c(-c2ccc(C)c(C)c2)c(OC)c1. The minimum Gasteiger partial charge on any atom is -0.496 e. The second-order valence-electron chi connectivity index (χ2n) is 4.71. The number of ether oxygens (including phenoxy) is 3. The summed E-state index contributed by atoms with van der Waals surface area (Å²) in [5.41, 5.74) is 4.52. The van der Waals surface area contributed by atoms with Gasteiger partial charge in [0.25, 0.3) is 0 Å². The summed E-state index contributed by atoms with van der Waals surface area (Å²) in [4.78, 5) is 0. The van der Waals surface area contributed by atoms with Crippen LogP contribution in [0.25, 0.3) is 11.1 Å². The molecule has 2 aromatic rings. The van der Waals surface area contributed by atoms with Crippen molar-refractivity contribution in [1.29, 1.82) is 0 Å². The third-order valence-electron chi connectivity index (χ3n) is 3.51. The number of aryl methyl sites for hydroxylation is 2. The van der Waals surface area contributed by atoms with Crippen molar-refractivity contribution in [2.24, 2.45) is 0 Å². The first-order valence-electron chi connectivity index (χ1n) is 6.48. The second kappa shape index (κ2) is 5.87. The van der Waals surface area contributed by atoms with Crippen molar-refractivity contribution >= 4 is 0 Å². The molecule has 0 aliphatic carbocycles. The molecule has 0 fully saturated rings. The lowest BCUT2D eigenvalue weighted by Crippen LogP contribution is -1.96. The summed E-state index contributed by atoms with van der Waals surface area (Å²) in [5, 5.41) is 0. The minimum atomic E-state index is 0.714. The molecule has 2 rings (SSSR count). The number of methoxy groups -OCH3 is 3. The van der Waals surface area contributed by atoms with Crippen LogP contribution in [0.2, 0.25) is 0 Å². The van der Waals surface area contributed by atoms with Crippen LogP contribution in [0, 0.1) is 13.8 Å². The summed E-state index contributed by atoms with van der Waals surface area (Å²) in [6.07, 6.45) is 0. The number of hydrogen-bond donors (Lipinski definition) is 0. The second-order valence-corrected chi connectivity index (χ2v) is 4.71. The molecule has 3 heteroatoms. The van der Waals surface area contributed by atoms with Crippen molar-refractivity contribution in [3.8, 4) is 28.4 Å². The van der Waals surface area contributed by atoms with Crippen LogP contribution >= 0.6 is 0 Å². The molecule has 106 valence electrons. The Morgan fingerprint density at radius 3 is 1.75 bits per heavy atom. The van der Waals surface area contributed by atoms with Crippen LogP contribution in [-0.4, -0.2) is 21.3 Å². The van der Waals surface area contributed by atoms with E-state index in [0.717, 1.165) is 22.6 Å². The van der Waals surface area contributed by atoms with Crippen LogP contribution in [0.15, 0.2) is 30.3 Å².